The Bertz CT molecular complexity index is 664. The molecule has 0 saturated heterocycles. The van der Waals surface area contributed by atoms with E-state index in [1.807, 2.05) is 6.07 Å². The van der Waals surface area contributed by atoms with Gasteiger partial charge in [0.15, 0.2) is 5.82 Å². The molecule has 1 heterocycles. The van der Waals surface area contributed by atoms with Crippen molar-refractivity contribution in [1.82, 2.24) is 9.97 Å². The standard InChI is InChI=1S/C18H21N3O2/c22-16-7-3-6-14(10-16)18-19-11-15(12-20-18)21-17(23)9-8-13-4-1-2-5-13/h3,6-7,10-13,22H,1-2,4-5,8-9H2,(H,21,23). The van der Waals surface area contributed by atoms with Gasteiger partial charge in [0.2, 0.25) is 5.91 Å². The minimum Gasteiger partial charge on any atom is -0.508 e. The highest BCUT2D eigenvalue weighted by Gasteiger charge is 2.16. The van der Waals surface area contributed by atoms with Gasteiger partial charge >= 0.3 is 0 Å². The molecule has 1 aromatic carbocycles. The van der Waals surface area contributed by atoms with Crippen molar-refractivity contribution in [3.8, 4) is 17.1 Å². The van der Waals surface area contributed by atoms with Gasteiger partial charge in [0.05, 0.1) is 18.1 Å². The molecule has 23 heavy (non-hydrogen) atoms. The second kappa shape index (κ2) is 7.22. The summed E-state index contributed by atoms with van der Waals surface area (Å²) < 4.78 is 0. The molecule has 0 bridgehead atoms. The number of carbonyl (C=O) groups is 1. The van der Waals surface area contributed by atoms with Crippen LogP contribution < -0.4 is 5.32 Å². The van der Waals surface area contributed by atoms with Crippen LogP contribution in [0.1, 0.15) is 38.5 Å². The zero-order chi connectivity index (χ0) is 16.1. The van der Waals surface area contributed by atoms with Crippen LogP contribution in [0.4, 0.5) is 5.69 Å². The fourth-order valence-corrected chi connectivity index (χ4v) is 3.04. The number of carbonyl (C=O) groups excluding carboxylic acids is 1. The second-order valence-corrected chi connectivity index (χ2v) is 6.08. The molecular formula is C18H21N3O2. The number of nitrogens with zero attached hydrogens (tertiary/aromatic N) is 2. The molecule has 5 nitrogen and oxygen atoms in total. The van der Waals surface area contributed by atoms with Crippen LogP contribution in [0, 0.1) is 5.92 Å². The van der Waals surface area contributed by atoms with E-state index < -0.39 is 0 Å². The summed E-state index contributed by atoms with van der Waals surface area (Å²) in [5.74, 6) is 1.43. The highest BCUT2D eigenvalue weighted by atomic mass is 16.3. The van der Waals surface area contributed by atoms with Crippen molar-refractivity contribution in [2.45, 2.75) is 38.5 Å². The second-order valence-electron chi connectivity index (χ2n) is 6.08. The summed E-state index contributed by atoms with van der Waals surface area (Å²) in [5, 5.41) is 12.3. The lowest BCUT2D eigenvalue weighted by Gasteiger charge is -2.09. The van der Waals surface area contributed by atoms with Crippen molar-refractivity contribution in [2.75, 3.05) is 5.32 Å². The number of aromatic hydroxyl groups is 1. The monoisotopic (exact) mass is 311 g/mol. The van der Waals surface area contributed by atoms with Gasteiger partial charge in [-0.15, -0.1) is 0 Å². The number of benzene rings is 1. The Morgan fingerprint density at radius 2 is 1.96 bits per heavy atom. The predicted molar refractivity (Wildman–Crippen MR) is 89.0 cm³/mol. The normalized spacial score (nSPS) is 14.8. The van der Waals surface area contributed by atoms with Crippen LogP contribution in [0.25, 0.3) is 11.4 Å². The first-order chi connectivity index (χ1) is 11.2. The van der Waals surface area contributed by atoms with Gasteiger partial charge in [0.25, 0.3) is 0 Å². The first-order valence-corrected chi connectivity index (χ1v) is 8.12. The number of anilines is 1. The quantitative estimate of drug-likeness (QED) is 0.881. The number of rotatable bonds is 5. The van der Waals surface area contributed by atoms with E-state index in [2.05, 4.69) is 15.3 Å². The zero-order valence-electron chi connectivity index (χ0n) is 13.0. The van der Waals surface area contributed by atoms with Crippen molar-refractivity contribution in [3.05, 3.63) is 36.7 Å². The average molecular weight is 311 g/mol. The van der Waals surface area contributed by atoms with Crippen LogP contribution in [0.3, 0.4) is 0 Å². The summed E-state index contributed by atoms with van der Waals surface area (Å²) in [6.07, 6.45) is 9.84. The Kier molecular flexibility index (Phi) is 4.86. The van der Waals surface area contributed by atoms with E-state index in [4.69, 9.17) is 0 Å². The fraction of sp³-hybridized carbons (Fsp3) is 0.389. The number of hydrogen-bond acceptors (Lipinski definition) is 4. The Labute approximate surface area is 135 Å². The fourth-order valence-electron chi connectivity index (χ4n) is 3.04. The number of hydrogen-bond donors (Lipinski definition) is 2. The molecule has 0 unspecified atom stereocenters. The summed E-state index contributed by atoms with van der Waals surface area (Å²) in [5.41, 5.74) is 1.34. The van der Waals surface area contributed by atoms with Crippen molar-refractivity contribution in [2.24, 2.45) is 5.92 Å². The molecule has 1 aliphatic carbocycles. The number of aromatic nitrogens is 2. The molecule has 0 atom stereocenters. The Morgan fingerprint density at radius 3 is 2.65 bits per heavy atom. The van der Waals surface area contributed by atoms with E-state index in [1.165, 1.54) is 25.7 Å². The van der Waals surface area contributed by atoms with Gasteiger partial charge < -0.3 is 10.4 Å². The topological polar surface area (TPSA) is 75.1 Å². The highest BCUT2D eigenvalue weighted by Crippen LogP contribution is 2.28. The van der Waals surface area contributed by atoms with Crippen LogP contribution in [-0.2, 0) is 4.79 Å². The third-order valence-corrected chi connectivity index (χ3v) is 4.29. The van der Waals surface area contributed by atoms with Crippen molar-refractivity contribution in [1.29, 1.82) is 0 Å². The van der Waals surface area contributed by atoms with Crippen LogP contribution in [-0.4, -0.2) is 21.0 Å². The maximum absolute atomic E-state index is 12.0. The molecule has 5 heteroatoms. The van der Waals surface area contributed by atoms with E-state index in [9.17, 15) is 9.90 Å². The van der Waals surface area contributed by atoms with Crippen molar-refractivity contribution >= 4 is 11.6 Å². The Balaban J connectivity index is 1.55. The third kappa shape index (κ3) is 4.28. The smallest absolute Gasteiger partial charge is 0.224 e. The van der Waals surface area contributed by atoms with Gasteiger partial charge in [-0.05, 0) is 24.5 Å². The number of nitrogens with one attached hydrogen (secondary N) is 1. The largest absolute Gasteiger partial charge is 0.508 e. The molecule has 1 aliphatic rings. The molecule has 2 N–H and O–H groups in total. The van der Waals surface area contributed by atoms with Crippen molar-refractivity contribution in [3.63, 3.8) is 0 Å². The van der Waals surface area contributed by atoms with Gasteiger partial charge in [-0.25, -0.2) is 9.97 Å². The van der Waals surface area contributed by atoms with Crippen LogP contribution in [0.15, 0.2) is 36.7 Å². The van der Waals surface area contributed by atoms with Gasteiger partial charge in [0, 0.05) is 12.0 Å². The third-order valence-electron chi connectivity index (χ3n) is 4.29. The van der Waals surface area contributed by atoms with Gasteiger partial charge in [-0.3, -0.25) is 4.79 Å². The summed E-state index contributed by atoms with van der Waals surface area (Å²) in [6.45, 7) is 0. The molecule has 1 amide bonds. The molecule has 0 radical (unpaired) electrons. The van der Waals surface area contributed by atoms with Crippen LogP contribution in [0.5, 0.6) is 5.75 Å². The minimum atomic E-state index is 0.0191. The lowest BCUT2D eigenvalue weighted by Crippen LogP contribution is -2.13. The highest BCUT2D eigenvalue weighted by molar-refractivity contribution is 5.90. The molecular weight excluding hydrogens is 290 g/mol. The zero-order valence-corrected chi connectivity index (χ0v) is 13.0. The minimum absolute atomic E-state index is 0.0191. The molecule has 2 aromatic rings. The van der Waals surface area contributed by atoms with Gasteiger partial charge in [-0.1, -0.05) is 37.8 Å². The maximum atomic E-state index is 12.0. The maximum Gasteiger partial charge on any atom is 0.224 e. The Hall–Kier alpha value is -2.43. The van der Waals surface area contributed by atoms with E-state index >= 15 is 0 Å². The summed E-state index contributed by atoms with van der Waals surface area (Å²) in [6, 6.07) is 6.78. The van der Waals surface area contributed by atoms with Crippen LogP contribution >= 0.6 is 0 Å². The molecule has 3 rings (SSSR count). The first kappa shape index (κ1) is 15.5. The van der Waals surface area contributed by atoms with Crippen LogP contribution in [0.2, 0.25) is 0 Å². The molecule has 0 spiro atoms. The average Bonchev–Trinajstić information content (AvgIpc) is 3.07. The number of phenolic OH excluding ortho intramolecular Hbond substituents is 1. The lowest BCUT2D eigenvalue weighted by atomic mass is 10.0. The molecule has 1 aromatic heterocycles. The van der Waals surface area contributed by atoms with Crippen molar-refractivity contribution < 1.29 is 9.90 Å². The van der Waals surface area contributed by atoms with E-state index in [1.54, 1.807) is 30.6 Å². The Morgan fingerprint density at radius 1 is 1.22 bits per heavy atom. The summed E-state index contributed by atoms with van der Waals surface area (Å²) in [4.78, 5) is 20.5. The molecule has 1 saturated carbocycles. The molecule has 0 aliphatic heterocycles. The molecule has 120 valence electrons. The van der Waals surface area contributed by atoms with E-state index in [0.29, 0.717) is 23.9 Å². The van der Waals surface area contributed by atoms with Gasteiger partial charge in [-0.2, -0.15) is 0 Å². The number of phenols is 1. The summed E-state index contributed by atoms with van der Waals surface area (Å²) in [7, 11) is 0. The predicted octanol–water partition coefficient (Wildman–Crippen LogP) is 3.76. The van der Waals surface area contributed by atoms with Gasteiger partial charge in [0.1, 0.15) is 5.75 Å². The number of amides is 1. The molecule has 1 fully saturated rings. The van der Waals surface area contributed by atoms with E-state index in [-0.39, 0.29) is 11.7 Å². The summed E-state index contributed by atoms with van der Waals surface area (Å²) >= 11 is 0. The first-order valence-electron chi connectivity index (χ1n) is 8.12. The SMILES string of the molecule is O=C(CCC1CCCC1)Nc1cnc(-c2cccc(O)c2)nc1. The lowest BCUT2D eigenvalue weighted by molar-refractivity contribution is -0.116. The van der Waals surface area contributed by atoms with E-state index in [0.717, 1.165) is 12.0 Å².